The lowest BCUT2D eigenvalue weighted by molar-refractivity contribution is 0.487. The highest BCUT2D eigenvalue weighted by atomic mass is 16.5. The Morgan fingerprint density at radius 3 is 2.17 bits per heavy atom. The van der Waals surface area contributed by atoms with Crippen LogP contribution in [-0.2, 0) is 11.8 Å². The molecule has 0 N–H and O–H groups in total. The molecule has 0 saturated carbocycles. The summed E-state index contributed by atoms with van der Waals surface area (Å²) in [6, 6.07) is 64.4. The second-order valence-electron chi connectivity index (χ2n) is 17.2. The lowest BCUT2D eigenvalue weighted by atomic mass is 9.33. The molecule has 0 amide bonds. The Kier molecular flexibility index (Phi) is 7.87. The number of rotatable bonds is 5. The molecule has 2 heterocycles. The Hall–Kier alpha value is -7.04. The number of nitrogens with zero attached hydrogens (tertiary/aromatic N) is 2. The smallest absolute Gasteiger partial charge is 0.257 e. The van der Waals surface area contributed by atoms with E-state index >= 15 is 0 Å². The number of ether oxygens (including phenoxy) is 1. The van der Waals surface area contributed by atoms with Crippen LogP contribution in [0.2, 0.25) is 0 Å². The van der Waals surface area contributed by atoms with Crippen LogP contribution in [0.15, 0.2) is 199 Å². The van der Waals surface area contributed by atoms with Crippen molar-refractivity contribution >= 4 is 68.0 Å². The van der Waals surface area contributed by atoms with E-state index in [1.54, 1.807) is 5.57 Å². The molecule has 60 heavy (non-hydrogen) atoms. The Labute approximate surface area is 352 Å². The van der Waals surface area contributed by atoms with E-state index < -0.39 is 0 Å². The zero-order valence-electron chi connectivity index (χ0n) is 33.9. The van der Waals surface area contributed by atoms with E-state index in [1.807, 2.05) is 0 Å². The summed E-state index contributed by atoms with van der Waals surface area (Å²) >= 11 is 0. The van der Waals surface area contributed by atoms with Crippen molar-refractivity contribution in [3.63, 3.8) is 0 Å². The molecule has 4 heteroatoms. The minimum absolute atomic E-state index is 0.00997. The van der Waals surface area contributed by atoms with Gasteiger partial charge in [-0.05, 0) is 135 Å². The Morgan fingerprint density at radius 1 is 0.600 bits per heavy atom. The molecule has 286 valence electrons. The van der Waals surface area contributed by atoms with Crippen LogP contribution in [0.25, 0.3) is 21.9 Å². The van der Waals surface area contributed by atoms with Gasteiger partial charge in [-0.3, -0.25) is 0 Å². The fraction of sp³-hybridized carbons (Fsp3) is 0.107. The molecule has 4 aliphatic rings. The highest BCUT2D eigenvalue weighted by Gasteiger charge is 2.43. The average Bonchev–Trinajstić information content (AvgIpc) is 3.30. The number of allylic oxidation sites excluding steroid dienone is 4. The quantitative estimate of drug-likeness (QED) is 0.162. The Bertz CT molecular complexity index is 3070. The number of hydrogen-bond acceptors (Lipinski definition) is 3. The minimum atomic E-state index is -0.0934. The van der Waals surface area contributed by atoms with Crippen LogP contribution >= 0.6 is 0 Å². The third-order valence-corrected chi connectivity index (χ3v) is 13.5. The molecule has 0 atom stereocenters. The summed E-state index contributed by atoms with van der Waals surface area (Å²) in [7, 11) is 0. The number of hydrogen-bond donors (Lipinski definition) is 0. The fourth-order valence-corrected chi connectivity index (χ4v) is 10.7. The van der Waals surface area contributed by atoms with Gasteiger partial charge >= 0.3 is 0 Å². The zero-order valence-corrected chi connectivity index (χ0v) is 33.9. The topological polar surface area (TPSA) is 15.7 Å². The predicted octanol–water partition coefficient (Wildman–Crippen LogP) is 12.9. The fourth-order valence-electron chi connectivity index (χ4n) is 10.7. The van der Waals surface area contributed by atoms with Crippen molar-refractivity contribution in [1.29, 1.82) is 0 Å². The molecule has 0 radical (unpaired) electrons. The normalized spacial score (nSPS) is 15.4. The molecule has 2 aliphatic heterocycles. The Morgan fingerprint density at radius 2 is 1.32 bits per heavy atom. The van der Waals surface area contributed by atoms with Gasteiger partial charge in [0.25, 0.3) is 6.71 Å². The van der Waals surface area contributed by atoms with Crippen molar-refractivity contribution in [1.82, 2.24) is 0 Å². The van der Waals surface area contributed by atoms with Gasteiger partial charge < -0.3 is 14.5 Å². The number of para-hydroxylation sites is 1. The summed E-state index contributed by atoms with van der Waals surface area (Å²) < 4.78 is 7.09. The highest BCUT2D eigenvalue weighted by Crippen LogP contribution is 2.48. The van der Waals surface area contributed by atoms with Gasteiger partial charge in [-0.1, -0.05) is 141 Å². The van der Waals surface area contributed by atoms with E-state index in [0.717, 1.165) is 59.2 Å². The van der Waals surface area contributed by atoms with Crippen LogP contribution in [0.3, 0.4) is 0 Å². The van der Waals surface area contributed by atoms with E-state index in [4.69, 9.17) is 4.74 Å². The van der Waals surface area contributed by atoms with Crippen LogP contribution in [0.5, 0.6) is 11.5 Å². The molecule has 0 spiro atoms. The van der Waals surface area contributed by atoms with Gasteiger partial charge in [0.2, 0.25) is 0 Å². The second kappa shape index (κ2) is 13.5. The van der Waals surface area contributed by atoms with Crippen molar-refractivity contribution in [2.24, 2.45) is 0 Å². The third-order valence-electron chi connectivity index (χ3n) is 13.5. The Balaban J connectivity index is 1.03. The first kappa shape index (κ1) is 35.0. The third kappa shape index (κ3) is 5.37. The lowest BCUT2D eigenvalue weighted by Gasteiger charge is -2.41. The number of fused-ring (bicyclic) bond motifs is 7. The van der Waals surface area contributed by atoms with E-state index in [-0.39, 0.29) is 12.1 Å². The summed E-state index contributed by atoms with van der Waals surface area (Å²) in [5.41, 5.74) is 18.7. The van der Waals surface area contributed by atoms with E-state index in [0.29, 0.717) is 0 Å². The van der Waals surface area contributed by atoms with Gasteiger partial charge in [-0.2, -0.15) is 0 Å². The van der Waals surface area contributed by atoms with Gasteiger partial charge in [0.1, 0.15) is 11.5 Å². The van der Waals surface area contributed by atoms with Crippen molar-refractivity contribution in [2.75, 3.05) is 9.80 Å². The maximum atomic E-state index is 7.09. The molecule has 0 unspecified atom stereocenters. The van der Waals surface area contributed by atoms with Crippen LogP contribution in [0.4, 0.5) is 34.1 Å². The van der Waals surface area contributed by atoms with E-state index in [1.165, 1.54) is 60.7 Å². The molecule has 12 rings (SSSR count). The van der Waals surface area contributed by atoms with Gasteiger partial charge in [-0.25, -0.2) is 0 Å². The molecular weight excluding hydrogens is 727 g/mol. The van der Waals surface area contributed by atoms with Crippen molar-refractivity contribution < 1.29 is 4.74 Å². The molecule has 0 fully saturated rings. The summed E-state index contributed by atoms with van der Waals surface area (Å²) in [5, 5.41) is 2.50. The maximum Gasteiger partial charge on any atom is 0.257 e. The largest absolute Gasteiger partial charge is 0.458 e. The highest BCUT2D eigenvalue weighted by molar-refractivity contribution is 7.00. The van der Waals surface area contributed by atoms with Crippen LogP contribution in [0.1, 0.15) is 37.8 Å². The summed E-state index contributed by atoms with van der Waals surface area (Å²) in [4.78, 5) is 4.84. The summed E-state index contributed by atoms with van der Waals surface area (Å²) in [6.45, 7) is 4.80. The van der Waals surface area contributed by atoms with E-state index in [2.05, 4.69) is 212 Å². The molecule has 0 aromatic heterocycles. The molecule has 2 aliphatic carbocycles. The lowest BCUT2D eigenvalue weighted by Crippen LogP contribution is -2.59. The van der Waals surface area contributed by atoms with Crippen LogP contribution < -0.4 is 30.9 Å². The molecular formula is C56H43BN2O. The molecule has 3 nitrogen and oxygen atoms in total. The number of benzene rings is 8. The standard InChI is InChI=1S/C56H43BN2O/c1-56(2)47-21-12-10-17-40(47)34-41-26-30-44(35-48(41)56)58(43-28-24-38(25-29-43)37-14-5-3-6-15-37)45-31-32-49-53(36-45)60-52-23-13-22-50-55(52)57(49)54-46-20-11-9-16-39(46)27-33-51(54)59(50)42-18-7-4-8-19-42/h3-9,11-16,18-33,35-36H,10,17,34H2,1-2H3. The van der Waals surface area contributed by atoms with Crippen LogP contribution in [0, 0.1) is 0 Å². The van der Waals surface area contributed by atoms with Crippen molar-refractivity contribution in [2.45, 2.75) is 38.5 Å². The predicted molar refractivity (Wildman–Crippen MR) is 252 cm³/mol. The SMILES string of the molecule is CC1(C)C2=C(CCC=C2)Cc2ccc(N(c3ccc(-c4ccccc4)cc3)c3ccc4c(c3)Oc3cccc5c3B4c3c(ccc4ccccc34)N5c3ccccc3)cc21. The van der Waals surface area contributed by atoms with Gasteiger partial charge in [0.05, 0.1) is 0 Å². The molecule has 8 aromatic carbocycles. The van der Waals surface area contributed by atoms with Crippen molar-refractivity contribution in [3.8, 4) is 22.6 Å². The average molecular weight is 771 g/mol. The maximum absolute atomic E-state index is 7.09. The first-order valence-electron chi connectivity index (χ1n) is 21.3. The monoisotopic (exact) mass is 770 g/mol. The first-order chi connectivity index (χ1) is 29.5. The summed E-state index contributed by atoms with van der Waals surface area (Å²) in [6.07, 6.45) is 8.07. The molecule has 8 aromatic rings. The second-order valence-corrected chi connectivity index (χ2v) is 17.2. The van der Waals surface area contributed by atoms with Gasteiger partial charge in [0.15, 0.2) is 0 Å². The minimum Gasteiger partial charge on any atom is -0.458 e. The van der Waals surface area contributed by atoms with Gasteiger partial charge in [-0.15, -0.1) is 0 Å². The van der Waals surface area contributed by atoms with E-state index in [9.17, 15) is 0 Å². The van der Waals surface area contributed by atoms with Crippen molar-refractivity contribution in [3.05, 3.63) is 210 Å². The summed E-state index contributed by atoms with van der Waals surface area (Å²) in [5.74, 6) is 1.79. The van der Waals surface area contributed by atoms with Crippen LogP contribution in [-0.4, -0.2) is 6.71 Å². The van der Waals surface area contributed by atoms with Gasteiger partial charge in [0, 0.05) is 45.6 Å². The first-order valence-corrected chi connectivity index (χ1v) is 21.3. The molecule has 0 bridgehead atoms. The zero-order chi connectivity index (χ0) is 40.0. The number of anilines is 6. The molecule has 0 saturated heterocycles.